The highest BCUT2D eigenvalue weighted by molar-refractivity contribution is 14.1. The fraction of sp³-hybridized carbons (Fsp3) is 0. The Bertz CT molecular complexity index is 305. The van der Waals surface area contributed by atoms with Gasteiger partial charge in [-0.15, -0.1) is 0 Å². The van der Waals surface area contributed by atoms with E-state index < -0.39 is 0 Å². The van der Waals surface area contributed by atoms with Crippen molar-refractivity contribution >= 4 is 28.9 Å². The van der Waals surface area contributed by atoms with E-state index in [9.17, 15) is 9.59 Å². The van der Waals surface area contributed by atoms with Gasteiger partial charge in [-0.2, -0.15) is 0 Å². The molecule has 1 aromatic heterocycles. The minimum atomic E-state index is -0.338. The van der Waals surface area contributed by atoms with Crippen LogP contribution in [0.2, 0.25) is 0 Å². The Labute approximate surface area is 70.6 Å². The van der Waals surface area contributed by atoms with E-state index in [1.165, 1.54) is 6.07 Å². The number of aldehydes is 1. The number of carbonyl (C=O) groups excluding carboxylic acids is 1. The molecule has 0 bridgehead atoms. The highest BCUT2D eigenvalue weighted by Gasteiger charge is 1.95. The minimum absolute atomic E-state index is 0.173. The van der Waals surface area contributed by atoms with Crippen molar-refractivity contribution in [1.82, 2.24) is 4.98 Å². The number of aromatic amines is 1. The first-order chi connectivity index (χ1) is 4.74. The molecule has 0 saturated carbocycles. The number of pyridine rings is 1. The number of H-pyrrole nitrogens is 1. The number of rotatable bonds is 1. The Hall–Kier alpha value is -0.650. The Balaban J connectivity index is 3.35. The van der Waals surface area contributed by atoms with Crippen molar-refractivity contribution < 1.29 is 4.79 Å². The Kier molecular flexibility index (Phi) is 2.21. The summed E-state index contributed by atoms with van der Waals surface area (Å²) in [4.78, 5) is 23.3. The molecule has 10 heavy (non-hydrogen) atoms. The Morgan fingerprint density at radius 2 is 2.30 bits per heavy atom. The number of nitrogens with one attached hydrogen (secondary N) is 1. The highest BCUT2D eigenvalue weighted by Crippen LogP contribution is 1.99. The van der Waals surface area contributed by atoms with Crippen molar-refractivity contribution in [3.8, 4) is 0 Å². The van der Waals surface area contributed by atoms with Gasteiger partial charge in [-0.1, -0.05) is 0 Å². The molecule has 0 aromatic carbocycles. The van der Waals surface area contributed by atoms with Gasteiger partial charge in [0.2, 0.25) is 0 Å². The van der Waals surface area contributed by atoms with Gasteiger partial charge in [-0.05, 0) is 28.7 Å². The predicted octanol–water partition coefficient (Wildman–Crippen LogP) is 0.792. The lowest BCUT2D eigenvalue weighted by molar-refractivity contribution is 0.112. The molecule has 0 fully saturated rings. The molecule has 4 heteroatoms. The van der Waals surface area contributed by atoms with Crippen LogP contribution in [-0.4, -0.2) is 11.3 Å². The average molecular weight is 249 g/mol. The van der Waals surface area contributed by atoms with Crippen molar-refractivity contribution in [2.24, 2.45) is 0 Å². The highest BCUT2D eigenvalue weighted by atomic mass is 127. The smallest absolute Gasteiger partial charge is 0.258 e. The van der Waals surface area contributed by atoms with Crippen LogP contribution in [-0.2, 0) is 0 Å². The molecule has 0 aliphatic carbocycles. The molecule has 0 aliphatic heterocycles. The maximum atomic E-state index is 10.7. The molecule has 3 nitrogen and oxygen atoms in total. The second-order valence-corrected chi connectivity index (χ2v) is 2.97. The summed E-state index contributed by atoms with van der Waals surface area (Å²) in [6, 6.07) is 1.53. The zero-order valence-electron chi connectivity index (χ0n) is 4.93. The summed E-state index contributed by atoms with van der Waals surface area (Å²) in [7, 11) is 0. The fourth-order valence-corrected chi connectivity index (χ4v) is 1.05. The summed E-state index contributed by atoms with van der Waals surface area (Å²) < 4.78 is 0.847. The molecule has 1 rings (SSSR count). The fourth-order valence-electron chi connectivity index (χ4n) is 0.561. The number of halogens is 1. The Morgan fingerprint density at radius 3 is 2.80 bits per heavy atom. The lowest BCUT2D eigenvalue weighted by Crippen LogP contribution is -2.10. The van der Waals surface area contributed by atoms with Gasteiger partial charge in [0.1, 0.15) is 0 Å². The van der Waals surface area contributed by atoms with E-state index in [2.05, 4.69) is 4.98 Å². The number of aromatic nitrogens is 1. The van der Waals surface area contributed by atoms with Crippen molar-refractivity contribution in [3.05, 3.63) is 31.8 Å². The van der Waals surface area contributed by atoms with Gasteiger partial charge < -0.3 is 4.98 Å². The standard InChI is InChI=1S/C6H4INO2/c7-5-1-4(3-9)6(10)8-2-5/h1-3H,(H,8,10). The van der Waals surface area contributed by atoms with Crippen LogP contribution in [0, 0.1) is 3.57 Å². The molecule has 0 unspecified atom stereocenters. The van der Waals surface area contributed by atoms with E-state index in [4.69, 9.17) is 0 Å². The van der Waals surface area contributed by atoms with Gasteiger partial charge in [0.05, 0.1) is 5.56 Å². The van der Waals surface area contributed by atoms with Crippen molar-refractivity contribution in [3.63, 3.8) is 0 Å². The first-order valence-electron chi connectivity index (χ1n) is 2.57. The van der Waals surface area contributed by atoms with E-state index in [1.54, 1.807) is 6.20 Å². The van der Waals surface area contributed by atoms with Gasteiger partial charge in [0.25, 0.3) is 5.56 Å². The van der Waals surface area contributed by atoms with Gasteiger partial charge >= 0.3 is 0 Å². The second-order valence-electron chi connectivity index (χ2n) is 1.72. The minimum Gasteiger partial charge on any atom is -0.327 e. The van der Waals surface area contributed by atoms with Gasteiger partial charge in [-0.3, -0.25) is 9.59 Å². The molecule has 1 heterocycles. The molecule has 0 amide bonds. The van der Waals surface area contributed by atoms with Gasteiger partial charge in [0.15, 0.2) is 6.29 Å². The van der Waals surface area contributed by atoms with Crippen molar-refractivity contribution in [1.29, 1.82) is 0 Å². The average Bonchev–Trinajstić information content (AvgIpc) is 1.94. The number of hydrogen-bond acceptors (Lipinski definition) is 2. The lowest BCUT2D eigenvalue weighted by Gasteiger charge is -1.88. The summed E-state index contributed by atoms with van der Waals surface area (Å²) in [6.45, 7) is 0. The predicted molar refractivity (Wildman–Crippen MR) is 45.2 cm³/mol. The maximum absolute atomic E-state index is 10.7. The summed E-state index contributed by atoms with van der Waals surface area (Å²) in [5.41, 5.74) is -0.165. The quantitative estimate of drug-likeness (QED) is 0.591. The first kappa shape index (κ1) is 7.46. The molecule has 0 atom stereocenters. The van der Waals surface area contributed by atoms with Crippen LogP contribution in [0.5, 0.6) is 0 Å². The zero-order chi connectivity index (χ0) is 7.56. The summed E-state index contributed by atoms with van der Waals surface area (Å²) >= 11 is 2.02. The molecular formula is C6H4INO2. The zero-order valence-corrected chi connectivity index (χ0v) is 7.08. The summed E-state index contributed by atoms with van der Waals surface area (Å²) in [5, 5.41) is 0. The summed E-state index contributed by atoms with van der Waals surface area (Å²) in [5.74, 6) is 0. The summed E-state index contributed by atoms with van der Waals surface area (Å²) in [6.07, 6.45) is 2.09. The van der Waals surface area contributed by atoms with Crippen LogP contribution in [0.15, 0.2) is 17.1 Å². The van der Waals surface area contributed by atoms with Crippen LogP contribution in [0.3, 0.4) is 0 Å². The van der Waals surface area contributed by atoms with Crippen LogP contribution < -0.4 is 5.56 Å². The SMILES string of the molecule is O=Cc1cc(I)c[nH]c1=O. The molecular weight excluding hydrogens is 245 g/mol. The second kappa shape index (κ2) is 2.96. The third kappa shape index (κ3) is 1.44. The number of carbonyl (C=O) groups is 1. The maximum Gasteiger partial charge on any atom is 0.258 e. The van der Waals surface area contributed by atoms with Crippen LogP contribution in [0.25, 0.3) is 0 Å². The molecule has 0 spiro atoms. The van der Waals surface area contributed by atoms with E-state index in [0.29, 0.717) is 6.29 Å². The number of hydrogen-bond donors (Lipinski definition) is 1. The topological polar surface area (TPSA) is 49.9 Å². The van der Waals surface area contributed by atoms with Crippen LogP contribution in [0.1, 0.15) is 10.4 Å². The molecule has 1 N–H and O–H groups in total. The van der Waals surface area contributed by atoms with E-state index in [-0.39, 0.29) is 11.1 Å². The van der Waals surface area contributed by atoms with Gasteiger partial charge in [-0.25, -0.2) is 0 Å². The largest absolute Gasteiger partial charge is 0.327 e. The van der Waals surface area contributed by atoms with E-state index in [1.807, 2.05) is 22.6 Å². The van der Waals surface area contributed by atoms with Crippen molar-refractivity contribution in [2.75, 3.05) is 0 Å². The molecule has 0 saturated heterocycles. The molecule has 0 radical (unpaired) electrons. The third-order valence-corrected chi connectivity index (χ3v) is 1.65. The van der Waals surface area contributed by atoms with Crippen molar-refractivity contribution in [2.45, 2.75) is 0 Å². The molecule has 0 aliphatic rings. The molecule has 1 aromatic rings. The normalized spacial score (nSPS) is 9.30. The Morgan fingerprint density at radius 1 is 1.60 bits per heavy atom. The first-order valence-corrected chi connectivity index (χ1v) is 3.65. The lowest BCUT2D eigenvalue weighted by atomic mass is 10.3. The van der Waals surface area contributed by atoms with E-state index in [0.717, 1.165) is 3.57 Å². The van der Waals surface area contributed by atoms with Crippen LogP contribution >= 0.6 is 22.6 Å². The van der Waals surface area contributed by atoms with Gasteiger partial charge in [0, 0.05) is 9.77 Å². The van der Waals surface area contributed by atoms with Crippen LogP contribution in [0.4, 0.5) is 0 Å². The third-order valence-electron chi connectivity index (χ3n) is 1.02. The van der Waals surface area contributed by atoms with E-state index >= 15 is 0 Å². The molecule has 52 valence electrons. The monoisotopic (exact) mass is 249 g/mol.